The Morgan fingerprint density at radius 2 is 2.22 bits per heavy atom. The zero-order chi connectivity index (χ0) is 7.28. The van der Waals surface area contributed by atoms with Crippen molar-refractivity contribution in [3.63, 3.8) is 0 Å². The molecule has 1 nitrogen and oxygen atoms in total. The van der Waals surface area contributed by atoms with E-state index in [4.69, 9.17) is 16.7 Å². The van der Waals surface area contributed by atoms with Crippen LogP contribution in [-0.2, 0) is 0 Å². The van der Waals surface area contributed by atoms with Gasteiger partial charge in [-0.05, 0) is 20.3 Å². The van der Waals surface area contributed by atoms with Crippen LogP contribution in [0.15, 0.2) is 11.6 Å². The molecule has 1 unspecified atom stereocenters. The molecule has 1 atom stereocenters. The molecule has 0 saturated carbocycles. The van der Waals surface area contributed by atoms with E-state index in [-0.39, 0.29) is 6.10 Å². The van der Waals surface area contributed by atoms with Crippen molar-refractivity contribution in [2.24, 2.45) is 0 Å². The minimum Gasteiger partial charge on any atom is -0.392 e. The van der Waals surface area contributed by atoms with Crippen LogP contribution >= 0.6 is 11.6 Å². The maximum atomic E-state index is 8.93. The predicted octanol–water partition coefficient (Wildman–Crippen LogP) is 1.94. The summed E-state index contributed by atoms with van der Waals surface area (Å²) in [6, 6.07) is 0. The Morgan fingerprint density at radius 3 is 2.56 bits per heavy atom. The van der Waals surface area contributed by atoms with Crippen molar-refractivity contribution < 1.29 is 5.11 Å². The Kier molecular flexibility index (Phi) is 4.83. The SMILES string of the molecule is CC(C)=CCC(O)CCl. The second-order valence-corrected chi connectivity index (χ2v) is 2.63. The Labute approximate surface area is 61.3 Å². The summed E-state index contributed by atoms with van der Waals surface area (Å²) in [6.45, 7) is 4.00. The van der Waals surface area contributed by atoms with E-state index in [2.05, 4.69) is 0 Å². The third kappa shape index (κ3) is 5.87. The van der Waals surface area contributed by atoms with Gasteiger partial charge in [0.1, 0.15) is 0 Å². The number of hydrogen-bond acceptors (Lipinski definition) is 1. The number of allylic oxidation sites excluding steroid dienone is 1. The molecule has 0 fully saturated rings. The summed E-state index contributed by atoms with van der Waals surface area (Å²) in [6.07, 6.45) is 2.28. The van der Waals surface area contributed by atoms with Crippen LogP contribution in [0.25, 0.3) is 0 Å². The van der Waals surface area contributed by atoms with Crippen LogP contribution < -0.4 is 0 Å². The molecule has 0 aromatic rings. The second-order valence-electron chi connectivity index (χ2n) is 2.33. The quantitative estimate of drug-likeness (QED) is 0.479. The number of halogens is 1. The van der Waals surface area contributed by atoms with Gasteiger partial charge < -0.3 is 5.11 Å². The van der Waals surface area contributed by atoms with Gasteiger partial charge in [0.15, 0.2) is 0 Å². The molecule has 54 valence electrons. The molecule has 1 N–H and O–H groups in total. The first-order valence-electron chi connectivity index (χ1n) is 3.04. The molecule has 0 heterocycles. The van der Waals surface area contributed by atoms with Crippen LogP contribution in [0, 0.1) is 0 Å². The van der Waals surface area contributed by atoms with Gasteiger partial charge in [0, 0.05) is 5.88 Å². The summed E-state index contributed by atoms with van der Waals surface area (Å²) in [5.74, 6) is 0.323. The van der Waals surface area contributed by atoms with Crippen molar-refractivity contribution in [3.8, 4) is 0 Å². The van der Waals surface area contributed by atoms with Gasteiger partial charge in [0.25, 0.3) is 0 Å². The van der Waals surface area contributed by atoms with Crippen molar-refractivity contribution in [1.82, 2.24) is 0 Å². The van der Waals surface area contributed by atoms with Gasteiger partial charge in [0.05, 0.1) is 6.10 Å². The van der Waals surface area contributed by atoms with Crippen molar-refractivity contribution >= 4 is 11.6 Å². The predicted molar refractivity (Wildman–Crippen MR) is 40.8 cm³/mol. The van der Waals surface area contributed by atoms with E-state index >= 15 is 0 Å². The largest absolute Gasteiger partial charge is 0.392 e. The van der Waals surface area contributed by atoms with Crippen LogP contribution in [0.5, 0.6) is 0 Å². The van der Waals surface area contributed by atoms with Gasteiger partial charge in [-0.25, -0.2) is 0 Å². The van der Waals surface area contributed by atoms with Crippen molar-refractivity contribution in [2.75, 3.05) is 5.88 Å². The topological polar surface area (TPSA) is 20.2 Å². The molecule has 0 aromatic heterocycles. The lowest BCUT2D eigenvalue weighted by Crippen LogP contribution is -2.05. The lowest BCUT2D eigenvalue weighted by molar-refractivity contribution is 0.201. The van der Waals surface area contributed by atoms with E-state index in [1.807, 2.05) is 19.9 Å². The van der Waals surface area contributed by atoms with E-state index in [1.54, 1.807) is 0 Å². The molecule has 9 heavy (non-hydrogen) atoms. The van der Waals surface area contributed by atoms with E-state index in [9.17, 15) is 0 Å². The molecule has 0 spiro atoms. The molecule has 0 radical (unpaired) electrons. The van der Waals surface area contributed by atoms with Crippen LogP contribution in [-0.4, -0.2) is 17.1 Å². The minimum absolute atomic E-state index is 0.323. The fourth-order valence-electron chi connectivity index (χ4n) is 0.435. The summed E-state index contributed by atoms with van der Waals surface area (Å²) < 4.78 is 0. The first-order valence-corrected chi connectivity index (χ1v) is 3.57. The average molecular weight is 149 g/mol. The molecular weight excluding hydrogens is 136 g/mol. The van der Waals surface area contributed by atoms with Crippen molar-refractivity contribution in [3.05, 3.63) is 11.6 Å². The third-order valence-electron chi connectivity index (χ3n) is 0.976. The lowest BCUT2D eigenvalue weighted by atomic mass is 10.2. The molecular formula is C7H13ClO. The highest BCUT2D eigenvalue weighted by Crippen LogP contribution is 1.99. The zero-order valence-corrected chi connectivity index (χ0v) is 6.65. The average Bonchev–Trinajstić information content (AvgIpc) is 1.83. The van der Waals surface area contributed by atoms with Gasteiger partial charge in [-0.2, -0.15) is 0 Å². The number of aliphatic hydroxyl groups is 1. The molecule has 0 bridgehead atoms. The first-order chi connectivity index (χ1) is 4.16. The standard InChI is InChI=1S/C7H13ClO/c1-6(2)3-4-7(9)5-8/h3,7,9H,4-5H2,1-2H3. The fourth-order valence-corrected chi connectivity index (χ4v) is 0.561. The Bertz CT molecular complexity index is 95.1. The molecule has 0 aromatic carbocycles. The first kappa shape index (κ1) is 8.99. The van der Waals surface area contributed by atoms with E-state index in [1.165, 1.54) is 5.57 Å². The van der Waals surface area contributed by atoms with Crippen LogP contribution in [0.4, 0.5) is 0 Å². The molecule has 0 aliphatic heterocycles. The Hall–Kier alpha value is -0.0100. The van der Waals surface area contributed by atoms with Crippen LogP contribution in [0.3, 0.4) is 0 Å². The lowest BCUT2D eigenvalue weighted by Gasteiger charge is -2.00. The molecule has 0 aliphatic rings. The highest BCUT2D eigenvalue weighted by atomic mass is 35.5. The van der Waals surface area contributed by atoms with Gasteiger partial charge >= 0.3 is 0 Å². The zero-order valence-electron chi connectivity index (χ0n) is 5.89. The van der Waals surface area contributed by atoms with Crippen LogP contribution in [0.1, 0.15) is 20.3 Å². The summed E-state index contributed by atoms with van der Waals surface area (Å²) in [5, 5.41) is 8.93. The molecule has 0 amide bonds. The smallest absolute Gasteiger partial charge is 0.0709 e. The highest BCUT2D eigenvalue weighted by molar-refractivity contribution is 6.18. The van der Waals surface area contributed by atoms with E-state index in [0.717, 1.165) is 0 Å². The number of hydrogen-bond donors (Lipinski definition) is 1. The molecule has 0 aliphatic carbocycles. The molecule has 2 heteroatoms. The van der Waals surface area contributed by atoms with E-state index < -0.39 is 0 Å². The summed E-state index contributed by atoms with van der Waals surface area (Å²) in [5.41, 5.74) is 1.22. The third-order valence-corrected chi connectivity index (χ3v) is 1.33. The Morgan fingerprint density at radius 1 is 1.67 bits per heavy atom. The fraction of sp³-hybridized carbons (Fsp3) is 0.714. The molecule has 0 saturated heterocycles. The van der Waals surface area contributed by atoms with Crippen molar-refractivity contribution in [2.45, 2.75) is 26.4 Å². The van der Waals surface area contributed by atoms with Gasteiger partial charge in [-0.3, -0.25) is 0 Å². The van der Waals surface area contributed by atoms with Gasteiger partial charge in [-0.15, -0.1) is 11.6 Å². The van der Waals surface area contributed by atoms with Crippen molar-refractivity contribution in [1.29, 1.82) is 0 Å². The normalized spacial score (nSPS) is 12.9. The summed E-state index contributed by atoms with van der Waals surface area (Å²) in [7, 11) is 0. The maximum Gasteiger partial charge on any atom is 0.0709 e. The minimum atomic E-state index is -0.374. The van der Waals surface area contributed by atoms with E-state index in [0.29, 0.717) is 12.3 Å². The highest BCUT2D eigenvalue weighted by Gasteiger charge is 1.96. The monoisotopic (exact) mass is 148 g/mol. The van der Waals surface area contributed by atoms with Gasteiger partial charge in [-0.1, -0.05) is 11.6 Å². The summed E-state index contributed by atoms with van der Waals surface area (Å²) in [4.78, 5) is 0. The number of alkyl halides is 1. The Balaban J connectivity index is 3.37. The van der Waals surface area contributed by atoms with Crippen LogP contribution in [0.2, 0.25) is 0 Å². The maximum absolute atomic E-state index is 8.93. The van der Waals surface area contributed by atoms with Gasteiger partial charge in [0.2, 0.25) is 0 Å². The number of rotatable bonds is 3. The molecule has 0 rings (SSSR count). The second kappa shape index (κ2) is 4.83. The summed E-state index contributed by atoms with van der Waals surface area (Å²) >= 11 is 5.36. The number of aliphatic hydroxyl groups excluding tert-OH is 1.